The Morgan fingerprint density at radius 2 is 1.53 bits per heavy atom. The maximum atomic E-state index is 5.76. The summed E-state index contributed by atoms with van der Waals surface area (Å²) in [6, 6.07) is 8.46. The second kappa shape index (κ2) is 5.54. The van der Waals surface area contributed by atoms with E-state index < -0.39 is 0 Å². The molecule has 3 nitrogen and oxygen atoms in total. The molecule has 0 aliphatic heterocycles. The highest BCUT2D eigenvalue weighted by Crippen LogP contribution is 2.17. The summed E-state index contributed by atoms with van der Waals surface area (Å²) in [4.78, 5) is 7.97. The molecule has 0 radical (unpaired) electrons. The van der Waals surface area contributed by atoms with Crippen molar-refractivity contribution < 1.29 is 4.74 Å². The van der Waals surface area contributed by atoms with Gasteiger partial charge in [0.15, 0.2) is 5.82 Å². The molecule has 6 heteroatoms. The Kier molecular flexibility index (Phi) is 4.05. The van der Waals surface area contributed by atoms with Crippen LogP contribution < -0.4 is 4.74 Å². The first-order chi connectivity index (χ1) is 8.13. The predicted molar refractivity (Wildman–Crippen MR) is 67.8 cm³/mol. The lowest BCUT2D eigenvalue weighted by molar-refractivity contribution is 0.296. The van der Waals surface area contributed by atoms with Crippen molar-refractivity contribution in [2.24, 2.45) is 0 Å². The minimum Gasteiger partial charge on any atom is -0.486 e. The first-order valence-corrected chi connectivity index (χ1v) is 5.84. The van der Waals surface area contributed by atoms with E-state index in [1.54, 1.807) is 24.3 Å². The fourth-order valence-electron chi connectivity index (χ4n) is 1.18. The number of hydrogen-bond donors (Lipinski definition) is 0. The van der Waals surface area contributed by atoms with Crippen LogP contribution in [0, 0.1) is 0 Å². The number of aromatic nitrogens is 2. The fraction of sp³-hybridized carbons (Fsp3) is 0.0909. The van der Waals surface area contributed by atoms with Gasteiger partial charge in [0.1, 0.15) is 22.7 Å². The summed E-state index contributed by atoms with van der Waals surface area (Å²) in [5.74, 6) is 1.10. The van der Waals surface area contributed by atoms with Crippen molar-refractivity contribution in [2.75, 3.05) is 0 Å². The van der Waals surface area contributed by atoms with Gasteiger partial charge in [-0.15, -0.1) is 0 Å². The van der Waals surface area contributed by atoms with Crippen molar-refractivity contribution in [3.05, 3.63) is 51.5 Å². The van der Waals surface area contributed by atoms with Crippen molar-refractivity contribution in [3.63, 3.8) is 0 Å². The van der Waals surface area contributed by atoms with E-state index >= 15 is 0 Å². The number of halogens is 3. The SMILES string of the molecule is Clc1ccc(OCc2nc(Cl)cc(Cl)n2)cc1. The van der Waals surface area contributed by atoms with Crippen LogP contribution in [0.4, 0.5) is 0 Å². The van der Waals surface area contributed by atoms with Crippen molar-refractivity contribution in [3.8, 4) is 5.75 Å². The van der Waals surface area contributed by atoms with Gasteiger partial charge in [-0.2, -0.15) is 0 Å². The Labute approximate surface area is 113 Å². The monoisotopic (exact) mass is 288 g/mol. The Bertz CT molecular complexity index is 496. The molecule has 0 fully saturated rings. The van der Waals surface area contributed by atoms with E-state index in [9.17, 15) is 0 Å². The predicted octanol–water partition coefficient (Wildman–Crippen LogP) is 4.02. The van der Waals surface area contributed by atoms with Gasteiger partial charge in [-0.1, -0.05) is 34.8 Å². The van der Waals surface area contributed by atoms with Crippen LogP contribution in [-0.2, 0) is 6.61 Å². The number of nitrogens with zero attached hydrogens (tertiary/aromatic N) is 2. The van der Waals surface area contributed by atoms with Gasteiger partial charge in [0.05, 0.1) is 0 Å². The molecule has 2 rings (SSSR count). The molecule has 0 amide bonds. The van der Waals surface area contributed by atoms with Gasteiger partial charge in [0.25, 0.3) is 0 Å². The molecular weight excluding hydrogens is 282 g/mol. The van der Waals surface area contributed by atoms with Crippen molar-refractivity contribution in [1.82, 2.24) is 9.97 Å². The standard InChI is InChI=1S/C11H7Cl3N2O/c12-7-1-3-8(4-2-7)17-6-11-15-9(13)5-10(14)16-11/h1-5H,6H2. The smallest absolute Gasteiger partial charge is 0.169 e. The Morgan fingerprint density at radius 3 is 2.12 bits per heavy atom. The highest BCUT2D eigenvalue weighted by molar-refractivity contribution is 6.33. The highest BCUT2D eigenvalue weighted by Gasteiger charge is 2.03. The van der Waals surface area contributed by atoms with Crippen molar-refractivity contribution >= 4 is 34.8 Å². The molecular formula is C11H7Cl3N2O. The lowest BCUT2D eigenvalue weighted by Gasteiger charge is -2.05. The molecule has 0 atom stereocenters. The average molecular weight is 290 g/mol. The summed E-state index contributed by atoms with van der Waals surface area (Å²) >= 11 is 17.2. The van der Waals surface area contributed by atoms with Gasteiger partial charge >= 0.3 is 0 Å². The fourth-order valence-corrected chi connectivity index (χ4v) is 1.76. The Hall–Kier alpha value is -1.03. The minimum atomic E-state index is 0.196. The van der Waals surface area contributed by atoms with Gasteiger partial charge in [-0.3, -0.25) is 0 Å². The van der Waals surface area contributed by atoms with Gasteiger partial charge in [0, 0.05) is 11.1 Å². The Morgan fingerprint density at radius 1 is 0.941 bits per heavy atom. The molecule has 0 aliphatic carbocycles. The summed E-state index contributed by atoms with van der Waals surface area (Å²) < 4.78 is 5.46. The molecule has 2 aromatic rings. The Balaban J connectivity index is 2.04. The van der Waals surface area contributed by atoms with E-state index in [0.29, 0.717) is 26.9 Å². The number of rotatable bonds is 3. The first-order valence-electron chi connectivity index (χ1n) is 4.71. The largest absolute Gasteiger partial charge is 0.486 e. The molecule has 0 N–H and O–H groups in total. The van der Waals surface area contributed by atoms with Crippen LogP contribution in [0.3, 0.4) is 0 Å². The zero-order valence-electron chi connectivity index (χ0n) is 8.53. The van der Waals surface area contributed by atoms with E-state index in [1.165, 1.54) is 6.07 Å². The highest BCUT2D eigenvalue weighted by atomic mass is 35.5. The van der Waals surface area contributed by atoms with Crippen LogP contribution in [0.15, 0.2) is 30.3 Å². The van der Waals surface area contributed by atoms with Gasteiger partial charge in [0.2, 0.25) is 0 Å². The van der Waals surface area contributed by atoms with Crippen LogP contribution in [-0.4, -0.2) is 9.97 Å². The van der Waals surface area contributed by atoms with Crippen LogP contribution in [0.5, 0.6) is 5.75 Å². The van der Waals surface area contributed by atoms with Gasteiger partial charge < -0.3 is 4.74 Å². The van der Waals surface area contributed by atoms with Gasteiger partial charge in [-0.25, -0.2) is 9.97 Å². The topological polar surface area (TPSA) is 35.0 Å². The first kappa shape index (κ1) is 12.4. The third-order valence-electron chi connectivity index (χ3n) is 1.89. The summed E-state index contributed by atoms with van der Waals surface area (Å²) in [7, 11) is 0. The third kappa shape index (κ3) is 3.73. The molecule has 1 aromatic heterocycles. The summed E-state index contributed by atoms with van der Waals surface area (Å²) in [5, 5.41) is 1.24. The maximum absolute atomic E-state index is 5.76. The van der Waals surface area contributed by atoms with E-state index in [0.717, 1.165) is 0 Å². The van der Waals surface area contributed by atoms with E-state index in [1.807, 2.05) is 0 Å². The van der Waals surface area contributed by atoms with E-state index in [2.05, 4.69) is 9.97 Å². The zero-order chi connectivity index (χ0) is 12.3. The maximum Gasteiger partial charge on any atom is 0.169 e. The molecule has 0 unspecified atom stereocenters. The molecule has 0 saturated carbocycles. The second-order valence-electron chi connectivity index (χ2n) is 3.17. The summed E-state index contributed by atoms with van der Waals surface area (Å²) in [5.41, 5.74) is 0. The molecule has 88 valence electrons. The third-order valence-corrected chi connectivity index (χ3v) is 2.53. The molecule has 1 heterocycles. The number of benzene rings is 1. The summed E-state index contributed by atoms with van der Waals surface area (Å²) in [6.45, 7) is 0.196. The molecule has 0 bridgehead atoms. The van der Waals surface area contributed by atoms with Crippen LogP contribution in [0.25, 0.3) is 0 Å². The lowest BCUT2D eigenvalue weighted by Crippen LogP contribution is -2.01. The number of hydrogen-bond acceptors (Lipinski definition) is 3. The normalized spacial score (nSPS) is 10.3. The molecule has 0 spiro atoms. The summed E-state index contributed by atoms with van der Waals surface area (Å²) in [6.07, 6.45) is 0. The quantitative estimate of drug-likeness (QED) is 0.801. The van der Waals surface area contributed by atoms with Crippen LogP contribution >= 0.6 is 34.8 Å². The van der Waals surface area contributed by atoms with Crippen molar-refractivity contribution in [1.29, 1.82) is 0 Å². The average Bonchev–Trinajstić information content (AvgIpc) is 2.27. The lowest BCUT2D eigenvalue weighted by atomic mass is 10.3. The molecule has 1 aromatic carbocycles. The second-order valence-corrected chi connectivity index (χ2v) is 4.38. The van der Waals surface area contributed by atoms with Crippen LogP contribution in [0.2, 0.25) is 15.3 Å². The van der Waals surface area contributed by atoms with Crippen LogP contribution in [0.1, 0.15) is 5.82 Å². The zero-order valence-corrected chi connectivity index (χ0v) is 10.8. The minimum absolute atomic E-state index is 0.196. The molecule has 0 aliphatic rings. The van der Waals surface area contributed by atoms with Crippen molar-refractivity contribution in [2.45, 2.75) is 6.61 Å². The number of ether oxygens (including phenoxy) is 1. The molecule has 0 saturated heterocycles. The van der Waals surface area contributed by atoms with Gasteiger partial charge in [-0.05, 0) is 24.3 Å². The molecule has 17 heavy (non-hydrogen) atoms. The van der Waals surface area contributed by atoms with E-state index in [4.69, 9.17) is 39.5 Å². The van der Waals surface area contributed by atoms with E-state index in [-0.39, 0.29) is 6.61 Å².